The molecule has 0 fully saturated rings. The van der Waals surface area contributed by atoms with E-state index in [9.17, 15) is 0 Å². The number of aryl methyl sites for hydroxylation is 1. The van der Waals surface area contributed by atoms with E-state index in [1.165, 1.54) is 88.2 Å². The lowest BCUT2D eigenvalue weighted by Gasteiger charge is -2.16. The summed E-state index contributed by atoms with van der Waals surface area (Å²) >= 11 is 0. The fourth-order valence-electron chi connectivity index (χ4n) is 7.99. The van der Waals surface area contributed by atoms with Crippen molar-refractivity contribution in [3.8, 4) is 44.8 Å². The average Bonchev–Trinajstić information content (AvgIpc) is 3.70. The summed E-state index contributed by atoms with van der Waals surface area (Å²) in [6.45, 7) is 2.17. The first-order valence-electron chi connectivity index (χ1n) is 17.6. The Bertz CT molecular complexity index is 2810. The van der Waals surface area contributed by atoms with Gasteiger partial charge in [-0.2, -0.15) is 0 Å². The molecule has 0 radical (unpaired) electrons. The highest BCUT2D eigenvalue weighted by Crippen LogP contribution is 2.40. The third-order valence-corrected chi connectivity index (χ3v) is 10.4. The first-order chi connectivity index (χ1) is 25.2. The monoisotopic (exact) mass is 650 g/mol. The van der Waals surface area contributed by atoms with Crippen LogP contribution < -0.4 is 0 Å². The standard InChI is InChI=1S/C49H34N2/c1-33-23-26-42-41-20-9-11-22-46(41)51(49(42)29-33)45-21-10-8-19-40(45)38-17-12-18-39(30-38)50-47-27-24-36(34-13-4-2-5-14-34)31-43(47)44-32-37(25-28-48(44)50)35-15-6-3-7-16-35/h2-32H,1H3. The molecule has 10 rings (SSSR count). The molecular weight excluding hydrogens is 617 g/mol. The Morgan fingerprint density at radius 1 is 0.314 bits per heavy atom. The molecule has 51 heavy (non-hydrogen) atoms. The van der Waals surface area contributed by atoms with E-state index in [0.717, 1.165) is 5.69 Å². The number of para-hydroxylation sites is 2. The lowest BCUT2D eigenvalue weighted by Crippen LogP contribution is -1.98. The maximum atomic E-state index is 2.44. The molecule has 240 valence electrons. The molecule has 0 amide bonds. The molecule has 0 saturated carbocycles. The molecule has 0 aliphatic carbocycles. The summed E-state index contributed by atoms with van der Waals surface area (Å²) in [7, 11) is 0. The Morgan fingerprint density at radius 2 is 0.882 bits per heavy atom. The van der Waals surface area contributed by atoms with Crippen LogP contribution in [-0.2, 0) is 0 Å². The van der Waals surface area contributed by atoms with Gasteiger partial charge in [-0.1, -0.05) is 133 Å². The van der Waals surface area contributed by atoms with Crippen LogP contribution in [-0.4, -0.2) is 9.13 Å². The lowest BCUT2D eigenvalue weighted by molar-refractivity contribution is 1.17. The third kappa shape index (κ3) is 4.80. The number of benzene rings is 8. The van der Waals surface area contributed by atoms with Gasteiger partial charge in [-0.05, 0) is 94.9 Å². The average molecular weight is 651 g/mol. The Labute approximate surface area is 297 Å². The van der Waals surface area contributed by atoms with Crippen LogP contribution in [0.2, 0.25) is 0 Å². The van der Waals surface area contributed by atoms with E-state index in [0.29, 0.717) is 0 Å². The van der Waals surface area contributed by atoms with Crippen molar-refractivity contribution in [2.24, 2.45) is 0 Å². The second kappa shape index (κ2) is 11.8. The number of hydrogen-bond acceptors (Lipinski definition) is 0. The van der Waals surface area contributed by atoms with Gasteiger partial charge in [0.25, 0.3) is 0 Å². The van der Waals surface area contributed by atoms with Gasteiger partial charge in [-0.15, -0.1) is 0 Å². The van der Waals surface area contributed by atoms with Gasteiger partial charge in [-0.25, -0.2) is 0 Å². The van der Waals surface area contributed by atoms with Crippen LogP contribution >= 0.6 is 0 Å². The van der Waals surface area contributed by atoms with Crippen molar-refractivity contribution < 1.29 is 0 Å². The van der Waals surface area contributed by atoms with Crippen molar-refractivity contribution in [3.05, 3.63) is 194 Å². The molecule has 2 nitrogen and oxygen atoms in total. The highest BCUT2D eigenvalue weighted by Gasteiger charge is 2.18. The fraction of sp³-hybridized carbons (Fsp3) is 0.0204. The van der Waals surface area contributed by atoms with Crippen molar-refractivity contribution in [1.82, 2.24) is 9.13 Å². The molecule has 0 aliphatic rings. The summed E-state index contributed by atoms with van der Waals surface area (Å²) < 4.78 is 4.88. The maximum absolute atomic E-state index is 2.44. The minimum atomic E-state index is 1.14. The topological polar surface area (TPSA) is 9.86 Å². The molecule has 0 N–H and O–H groups in total. The summed E-state index contributed by atoms with van der Waals surface area (Å²) in [6, 6.07) is 68.6. The van der Waals surface area contributed by atoms with E-state index in [1.54, 1.807) is 0 Å². The second-order valence-electron chi connectivity index (χ2n) is 13.5. The molecule has 2 heterocycles. The summed E-state index contributed by atoms with van der Waals surface area (Å²) in [5.74, 6) is 0. The number of fused-ring (bicyclic) bond motifs is 6. The largest absolute Gasteiger partial charge is 0.309 e. The Balaban J connectivity index is 1.19. The van der Waals surface area contributed by atoms with Crippen molar-refractivity contribution in [2.75, 3.05) is 0 Å². The SMILES string of the molecule is Cc1ccc2c3ccccc3n(-c3ccccc3-c3cccc(-n4c5ccc(-c6ccccc6)cc5c5cc(-c6ccccc6)ccc54)c3)c2c1. The first kappa shape index (κ1) is 29.3. The zero-order chi connectivity index (χ0) is 33.9. The molecule has 0 spiro atoms. The molecule has 2 heteroatoms. The highest BCUT2D eigenvalue weighted by molar-refractivity contribution is 6.12. The van der Waals surface area contributed by atoms with Crippen LogP contribution in [0.15, 0.2) is 188 Å². The second-order valence-corrected chi connectivity index (χ2v) is 13.5. The molecule has 0 aliphatic heterocycles. The molecular formula is C49H34N2. The maximum Gasteiger partial charge on any atom is 0.0543 e. The summed E-state index contributed by atoms with van der Waals surface area (Å²) in [5.41, 5.74) is 15.6. The third-order valence-electron chi connectivity index (χ3n) is 10.4. The van der Waals surface area contributed by atoms with E-state index in [4.69, 9.17) is 0 Å². The van der Waals surface area contributed by atoms with Crippen LogP contribution in [0.3, 0.4) is 0 Å². The van der Waals surface area contributed by atoms with Gasteiger partial charge in [0.15, 0.2) is 0 Å². The van der Waals surface area contributed by atoms with Gasteiger partial charge in [0, 0.05) is 32.8 Å². The zero-order valence-electron chi connectivity index (χ0n) is 28.3. The number of nitrogens with zero attached hydrogens (tertiary/aromatic N) is 2. The van der Waals surface area contributed by atoms with Gasteiger partial charge in [0.2, 0.25) is 0 Å². The Morgan fingerprint density at radius 3 is 1.59 bits per heavy atom. The van der Waals surface area contributed by atoms with E-state index in [1.807, 2.05) is 0 Å². The predicted molar refractivity (Wildman–Crippen MR) is 216 cm³/mol. The quantitative estimate of drug-likeness (QED) is 0.175. The van der Waals surface area contributed by atoms with Crippen molar-refractivity contribution in [2.45, 2.75) is 6.92 Å². The van der Waals surface area contributed by atoms with Crippen LogP contribution in [0, 0.1) is 6.92 Å². The number of aromatic nitrogens is 2. The minimum Gasteiger partial charge on any atom is -0.309 e. The first-order valence-corrected chi connectivity index (χ1v) is 17.6. The molecule has 8 aromatic carbocycles. The van der Waals surface area contributed by atoms with E-state index >= 15 is 0 Å². The molecule has 0 atom stereocenters. The molecule has 0 saturated heterocycles. The number of hydrogen-bond donors (Lipinski definition) is 0. The lowest BCUT2D eigenvalue weighted by atomic mass is 10.0. The van der Waals surface area contributed by atoms with Crippen molar-refractivity contribution in [3.63, 3.8) is 0 Å². The van der Waals surface area contributed by atoms with Gasteiger partial charge >= 0.3 is 0 Å². The molecule has 0 bridgehead atoms. The summed E-state index contributed by atoms with van der Waals surface area (Å²) in [6.07, 6.45) is 0. The van der Waals surface area contributed by atoms with Gasteiger partial charge in [0.1, 0.15) is 0 Å². The number of rotatable bonds is 5. The van der Waals surface area contributed by atoms with E-state index in [2.05, 4.69) is 204 Å². The van der Waals surface area contributed by atoms with E-state index < -0.39 is 0 Å². The van der Waals surface area contributed by atoms with Crippen LogP contribution in [0.4, 0.5) is 0 Å². The smallest absolute Gasteiger partial charge is 0.0543 e. The van der Waals surface area contributed by atoms with Crippen molar-refractivity contribution >= 4 is 43.6 Å². The van der Waals surface area contributed by atoms with Gasteiger partial charge in [-0.3, -0.25) is 0 Å². The molecule has 10 aromatic rings. The predicted octanol–water partition coefficient (Wildman–Crippen LogP) is 13.2. The van der Waals surface area contributed by atoms with Gasteiger partial charge < -0.3 is 9.13 Å². The van der Waals surface area contributed by atoms with Gasteiger partial charge in [0.05, 0.1) is 27.8 Å². The Kier molecular flexibility index (Phi) is 6.75. The Hall–Kier alpha value is -6.64. The zero-order valence-corrected chi connectivity index (χ0v) is 28.3. The minimum absolute atomic E-state index is 1.14. The summed E-state index contributed by atoms with van der Waals surface area (Å²) in [4.78, 5) is 0. The van der Waals surface area contributed by atoms with Crippen molar-refractivity contribution in [1.29, 1.82) is 0 Å². The highest BCUT2D eigenvalue weighted by atomic mass is 15.0. The van der Waals surface area contributed by atoms with Crippen LogP contribution in [0.1, 0.15) is 5.56 Å². The van der Waals surface area contributed by atoms with E-state index in [-0.39, 0.29) is 0 Å². The molecule has 0 unspecified atom stereocenters. The molecule has 2 aromatic heterocycles. The normalized spacial score (nSPS) is 11.6. The fourth-order valence-corrected chi connectivity index (χ4v) is 7.99. The van der Waals surface area contributed by atoms with Crippen LogP contribution in [0.25, 0.3) is 88.4 Å². The van der Waals surface area contributed by atoms with Crippen LogP contribution in [0.5, 0.6) is 0 Å². The summed E-state index contributed by atoms with van der Waals surface area (Å²) in [5, 5.41) is 5.03.